The molecule has 1 fully saturated rings. The van der Waals surface area contributed by atoms with Gasteiger partial charge in [0.1, 0.15) is 5.54 Å². The number of nitrogens with zero attached hydrogens (tertiary/aromatic N) is 1. The zero-order valence-electron chi connectivity index (χ0n) is 12.0. The molecule has 0 aromatic heterocycles. The molecule has 1 atom stereocenters. The van der Waals surface area contributed by atoms with Crippen LogP contribution in [-0.2, 0) is 4.79 Å². The molecular formula is C13H23F3N2O2. The van der Waals surface area contributed by atoms with Gasteiger partial charge in [0.2, 0.25) is 0 Å². The summed E-state index contributed by atoms with van der Waals surface area (Å²) in [7, 11) is 0. The first kappa shape index (κ1) is 17.2. The summed E-state index contributed by atoms with van der Waals surface area (Å²) < 4.78 is 37.5. The first-order chi connectivity index (χ1) is 9.18. The van der Waals surface area contributed by atoms with E-state index in [-0.39, 0.29) is 19.0 Å². The number of nitrogens with one attached hydrogen (secondary N) is 1. The Hall–Kier alpha value is -0.820. The van der Waals surface area contributed by atoms with Gasteiger partial charge in [-0.05, 0) is 39.2 Å². The van der Waals surface area contributed by atoms with Crippen molar-refractivity contribution in [2.45, 2.75) is 57.3 Å². The maximum absolute atomic E-state index is 12.5. The summed E-state index contributed by atoms with van der Waals surface area (Å²) in [6.45, 7) is 3.16. The summed E-state index contributed by atoms with van der Waals surface area (Å²) in [6.07, 6.45) is -1.77. The number of alkyl halides is 3. The van der Waals surface area contributed by atoms with E-state index in [9.17, 15) is 23.1 Å². The van der Waals surface area contributed by atoms with E-state index in [4.69, 9.17) is 0 Å². The van der Waals surface area contributed by atoms with Crippen molar-refractivity contribution in [3.05, 3.63) is 0 Å². The third-order valence-corrected chi connectivity index (χ3v) is 3.58. The quantitative estimate of drug-likeness (QED) is 0.685. The largest absolute Gasteiger partial charge is 0.480 e. The summed E-state index contributed by atoms with van der Waals surface area (Å²) in [4.78, 5) is 12.7. The van der Waals surface area contributed by atoms with Crippen molar-refractivity contribution in [2.75, 3.05) is 19.6 Å². The average Bonchev–Trinajstić information content (AvgIpc) is 3.14. The third-order valence-electron chi connectivity index (χ3n) is 3.58. The minimum absolute atomic E-state index is 0.0409. The normalized spacial score (nSPS) is 19.1. The molecule has 0 aromatic carbocycles. The van der Waals surface area contributed by atoms with Crippen LogP contribution in [-0.4, -0.2) is 53.4 Å². The van der Waals surface area contributed by atoms with Crippen molar-refractivity contribution in [3.8, 4) is 0 Å². The molecule has 1 saturated carbocycles. The summed E-state index contributed by atoms with van der Waals surface area (Å²) in [5, 5.41) is 12.2. The van der Waals surface area contributed by atoms with E-state index in [0.717, 1.165) is 19.3 Å². The smallest absolute Gasteiger partial charge is 0.401 e. The Morgan fingerprint density at radius 3 is 2.40 bits per heavy atom. The highest BCUT2D eigenvalue weighted by molar-refractivity contribution is 5.78. The molecular weight excluding hydrogens is 273 g/mol. The van der Waals surface area contributed by atoms with Gasteiger partial charge in [0, 0.05) is 12.6 Å². The molecule has 0 spiro atoms. The maximum atomic E-state index is 12.5. The number of carboxylic acid groups (broad SMARTS) is 1. The molecule has 2 N–H and O–H groups in total. The molecule has 0 aromatic rings. The van der Waals surface area contributed by atoms with Crippen LogP contribution in [0.3, 0.4) is 0 Å². The lowest BCUT2D eigenvalue weighted by atomic mass is 9.97. The van der Waals surface area contributed by atoms with Gasteiger partial charge in [-0.3, -0.25) is 9.69 Å². The Kier molecular flexibility index (Phi) is 5.82. The fourth-order valence-corrected chi connectivity index (χ4v) is 2.10. The number of hydrogen-bond acceptors (Lipinski definition) is 3. The highest BCUT2D eigenvalue weighted by Crippen LogP contribution is 2.30. The van der Waals surface area contributed by atoms with Gasteiger partial charge < -0.3 is 10.4 Å². The highest BCUT2D eigenvalue weighted by atomic mass is 19.4. The molecule has 0 bridgehead atoms. The Bertz CT molecular complexity index is 332. The minimum Gasteiger partial charge on any atom is -0.480 e. The van der Waals surface area contributed by atoms with Gasteiger partial charge in [-0.25, -0.2) is 0 Å². The van der Waals surface area contributed by atoms with Crippen molar-refractivity contribution < 1.29 is 23.1 Å². The molecule has 0 amide bonds. The van der Waals surface area contributed by atoms with E-state index >= 15 is 0 Å². The molecule has 0 heterocycles. The summed E-state index contributed by atoms with van der Waals surface area (Å²) in [5.41, 5.74) is -1.17. The van der Waals surface area contributed by atoms with Crippen LogP contribution in [0.15, 0.2) is 0 Å². The number of halogens is 3. The van der Waals surface area contributed by atoms with Crippen LogP contribution in [0.1, 0.15) is 39.5 Å². The zero-order valence-corrected chi connectivity index (χ0v) is 12.0. The second kappa shape index (κ2) is 6.76. The monoisotopic (exact) mass is 296 g/mol. The Morgan fingerprint density at radius 1 is 1.40 bits per heavy atom. The van der Waals surface area contributed by atoms with Crippen LogP contribution < -0.4 is 5.32 Å². The molecule has 0 aliphatic heterocycles. The zero-order chi connectivity index (χ0) is 15.4. The Labute approximate surface area is 117 Å². The average molecular weight is 296 g/mol. The van der Waals surface area contributed by atoms with Crippen LogP contribution in [0.25, 0.3) is 0 Å². The van der Waals surface area contributed by atoms with Gasteiger partial charge >= 0.3 is 12.1 Å². The molecule has 0 saturated heterocycles. The standard InChI is InChI=1S/C13H23F3N2O2/c1-3-7-17-12(2,11(19)20)6-8-18(10-4-5-10)9-13(14,15)16/h10,17H,3-9H2,1-2H3,(H,19,20). The van der Waals surface area contributed by atoms with Crippen LogP contribution >= 0.6 is 0 Å². The lowest BCUT2D eigenvalue weighted by molar-refractivity contribution is -0.149. The van der Waals surface area contributed by atoms with E-state index in [0.29, 0.717) is 6.54 Å². The fourth-order valence-electron chi connectivity index (χ4n) is 2.10. The molecule has 0 radical (unpaired) electrons. The van der Waals surface area contributed by atoms with E-state index < -0.39 is 24.2 Å². The Morgan fingerprint density at radius 2 is 2.00 bits per heavy atom. The molecule has 7 heteroatoms. The van der Waals surface area contributed by atoms with Crippen LogP contribution in [0.2, 0.25) is 0 Å². The second-order valence-electron chi connectivity index (χ2n) is 5.63. The van der Waals surface area contributed by atoms with Gasteiger partial charge in [-0.1, -0.05) is 6.92 Å². The van der Waals surface area contributed by atoms with E-state index in [1.54, 1.807) is 0 Å². The van der Waals surface area contributed by atoms with Crippen molar-refractivity contribution in [1.82, 2.24) is 10.2 Å². The number of carboxylic acids is 1. The van der Waals surface area contributed by atoms with Crippen molar-refractivity contribution in [3.63, 3.8) is 0 Å². The SMILES string of the molecule is CCCNC(C)(CCN(CC(F)(F)F)C1CC1)C(=O)O. The molecule has 4 nitrogen and oxygen atoms in total. The molecule has 1 unspecified atom stereocenters. The van der Waals surface area contributed by atoms with Crippen LogP contribution in [0, 0.1) is 0 Å². The fraction of sp³-hybridized carbons (Fsp3) is 0.923. The van der Waals surface area contributed by atoms with Crippen molar-refractivity contribution in [1.29, 1.82) is 0 Å². The lowest BCUT2D eigenvalue weighted by Crippen LogP contribution is -2.52. The molecule has 1 aliphatic rings. The number of carbonyl (C=O) groups is 1. The van der Waals surface area contributed by atoms with Gasteiger partial charge in [0.05, 0.1) is 6.54 Å². The van der Waals surface area contributed by atoms with Crippen LogP contribution in [0.5, 0.6) is 0 Å². The van der Waals surface area contributed by atoms with Gasteiger partial charge in [0.25, 0.3) is 0 Å². The summed E-state index contributed by atoms with van der Waals surface area (Å²) in [5.74, 6) is -1.02. The predicted molar refractivity (Wildman–Crippen MR) is 69.6 cm³/mol. The highest BCUT2D eigenvalue weighted by Gasteiger charge is 2.40. The number of hydrogen-bond donors (Lipinski definition) is 2. The maximum Gasteiger partial charge on any atom is 0.401 e. The predicted octanol–water partition coefficient (Wildman–Crippen LogP) is 2.25. The molecule has 118 valence electrons. The molecule has 20 heavy (non-hydrogen) atoms. The van der Waals surface area contributed by atoms with E-state index in [1.165, 1.54) is 11.8 Å². The molecule has 1 aliphatic carbocycles. The lowest BCUT2D eigenvalue weighted by Gasteiger charge is -2.30. The first-order valence-electron chi connectivity index (χ1n) is 6.97. The van der Waals surface area contributed by atoms with E-state index in [1.807, 2.05) is 6.92 Å². The second-order valence-corrected chi connectivity index (χ2v) is 5.63. The Balaban J connectivity index is 2.57. The van der Waals surface area contributed by atoms with Crippen molar-refractivity contribution >= 4 is 5.97 Å². The minimum atomic E-state index is -4.24. The van der Waals surface area contributed by atoms with E-state index in [2.05, 4.69) is 5.32 Å². The van der Waals surface area contributed by atoms with Gasteiger partial charge in [-0.2, -0.15) is 13.2 Å². The third kappa shape index (κ3) is 5.66. The topological polar surface area (TPSA) is 52.6 Å². The van der Waals surface area contributed by atoms with Gasteiger partial charge in [-0.15, -0.1) is 0 Å². The van der Waals surface area contributed by atoms with Gasteiger partial charge in [0.15, 0.2) is 0 Å². The first-order valence-corrected chi connectivity index (χ1v) is 6.97. The van der Waals surface area contributed by atoms with Crippen molar-refractivity contribution in [2.24, 2.45) is 0 Å². The number of rotatable bonds is 9. The molecule has 1 rings (SSSR count). The van der Waals surface area contributed by atoms with Crippen LogP contribution in [0.4, 0.5) is 13.2 Å². The summed E-state index contributed by atoms with van der Waals surface area (Å²) in [6, 6.07) is -0.0409. The summed E-state index contributed by atoms with van der Waals surface area (Å²) >= 11 is 0. The number of aliphatic carboxylic acids is 1.